The summed E-state index contributed by atoms with van der Waals surface area (Å²) < 4.78 is 1.94. The van der Waals surface area contributed by atoms with Crippen molar-refractivity contribution in [1.29, 1.82) is 0 Å². The summed E-state index contributed by atoms with van der Waals surface area (Å²) in [6.07, 6.45) is 5.44. The van der Waals surface area contributed by atoms with E-state index in [0.29, 0.717) is 6.04 Å². The molecule has 106 valence electrons. The Balaban J connectivity index is 1.61. The van der Waals surface area contributed by atoms with E-state index in [4.69, 9.17) is 0 Å². The quantitative estimate of drug-likeness (QED) is 0.915. The summed E-state index contributed by atoms with van der Waals surface area (Å²) in [6, 6.07) is 10.6. The number of rotatable bonds is 5. The fraction of sp³-hybridized carbons (Fsp3) is 0.438. The smallest absolute Gasteiger partial charge is 0.0645 e. The second-order valence-electron chi connectivity index (χ2n) is 5.41. The zero-order valence-electron chi connectivity index (χ0n) is 11.8. The molecule has 2 unspecified atom stereocenters. The molecule has 20 heavy (non-hydrogen) atoms. The molecular formula is C16H21N3S. The summed E-state index contributed by atoms with van der Waals surface area (Å²) in [5.74, 6) is 3.47. The molecule has 0 aliphatic carbocycles. The number of thioether (sulfide) groups is 1. The van der Waals surface area contributed by atoms with Gasteiger partial charge in [0.2, 0.25) is 0 Å². The number of benzene rings is 1. The van der Waals surface area contributed by atoms with E-state index in [1.165, 1.54) is 23.5 Å². The molecule has 0 radical (unpaired) electrons. The van der Waals surface area contributed by atoms with Gasteiger partial charge < -0.3 is 5.32 Å². The molecule has 0 saturated carbocycles. The van der Waals surface area contributed by atoms with Crippen LogP contribution in [0.3, 0.4) is 0 Å². The molecule has 0 amide bonds. The molecule has 2 atom stereocenters. The van der Waals surface area contributed by atoms with Crippen molar-refractivity contribution in [1.82, 2.24) is 15.1 Å². The summed E-state index contributed by atoms with van der Waals surface area (Å²) >= 11 is 2.07. The van der Waals surface area contributed by atoms with Crippen LogP contribution in [0.25, 0.3) is 5.69 Å². The first-order chi connectivity index (χ1) is 9.83. The Bertz CT molecular complexity index is 532. The van der Waals surface area contributed by atoms with Crippen molar-refractivity contribution in [3.05, 3.63) is 48.3 Å². The van der Waals surface area contributed by atoms with E-state index in [2.05, 4.69) is 47.4 Å². The van der Waals surface area contributed by atoms with Crippen LogP contribution in [0.1, 0.15) is 24.9 Å². The fourth-order valence-electron chi connectivity index (χ4n) is 2.49. The molecule has 4 heteroatoms. The Kier molecular flexibility index (Phi) is 4.43. The second-order valence-corrected chi connectivity index (χ2v) is 6.56. The standard InChI is InChI=1S/C16H21N3S/c1-13(17-9-14-7-8-20-12-14)15-10-18-19(11-15)16-5-3-2-4-6-16/h2-6,10-11,13-14,17H,7-9,12H2,1H3. The van der Waals surface area contributed by atoms with Gasteiger partial charge in [0.05, 0.1) is 11.9 Å². The molecule has 0 bridgehead atoms. The Morgan fingerprint density at radius 3 is 3.00 bits per heavy atom. The zero-order valence-corrected chi connectivity index (χ0v) is 12.6. The average Bonchev–Trinajstić information content (AvgIpc) is 3.17. The lowest BCUT2D eigenvalue weighted by atomic mass is 10.1. The number of hydrogen-bond acceptors (Lipinski definition) is 3. The maximum absolute atomic E-state index is 4.46. The van der Waals surface area contributed by atoms with Crippen molar-refractivity contribution in [2.75, 3.05) is 18.1 Å². The Labute approximate surface area is 124 Å². The SMILES string of the molecule is CC(NCC1CCSC1)c1cnn(-c2ccccc2)c1. The van der Waals surface area contributed by atoms with Crippen LogP contribution in [-0.2, 0) is 0 Å². The summed E-state index contributed by atoms with van der Waals surface area (Å²) in [5, 5.41) is 8.10. The fourth-order valence-corrected chi connectivity index (χ4v) is 3.77. The highest BCUT2D eigenvalue weighted by atomic mass is 32.2. The van der Waals surface area contributed by atoms with Gasteiger partial charge in [-0.05, 0) is 49.4 Å². The van der Waals surface area contributed by atoms with Crippen molar-refractivity contribution >= 4 is 11.8 Å². The normalized spacial score (nSPS) is 20.1. The minimum Gasteiger partial charge on any atom is -0.310 e. The van der Waals surface area contributed by atoms with Gasteiger partial charge in [-0.2, -0.15) is 16.9 Å². The van der Waals surface area contributed by atoms with Gasteiger partial charge >= 0.3 is 0 Å². The van der Waals surface area contributed by atoms with Gasteiger partial charge in [0.1, 0.15) is 0 Å². The predicted molar refractivity (Wildman–Crippen MR) is 85.4 cm³/mol. The number of nitrogens with one attached hydrogen (secondary N) is 1. The Morgan fingerprint density at radius 1 is 1.40 bits per heavy atom. The molecule has 1 aliphatic heterocycles. The molecule has 1 aromatic heterocycles. The maximum atomic E-state index is 4.46. The van der Waals surface area contributed by atoms with E-state index in [1.807, 2.05) is 29.1 Å². The molecule has 2 aromatic rings. The van der Waals surface area contributed by atoms with Gasteiger partial charge in [0.25, 0.3) is 0 Å². The van der Waals surface area contributed by atoms with Crippen LogP contribution in [0, 0.1) is 5.92 Å². The summed E-state index contributed by atoms with van der Waals surface area (Å²) in [7, 11) is 0. The zero-order chi connectivity index (χ0) is 13.8. The topological polar surface area (TPSA) is 29.9 Å². The van der Waals surface area contributed by atoms with Crippen molar-refractivity contribution in [2.45, 2.75) is 19.4 Å². The molecule has 1 aromatic carbocycles. The van der Waals surface area contributed by atoms with Crippen LogP contribution in [0.5, 0.6) is 0 Å². The van der Waals surface area contributed by atoms with Gasteiger partial charge in [-0.3, -0.25) is 0 Å². The van der Waals surface area contributed by atoms with E-state index < -0.39 is 0 Å². The Hall–Kier alpha value is -1.26. The van der Waals surface area contributed by atoms with Gasteiger partial charge in [-0.25, -0.2) is 4.68 Å². The third-order valence-electron chi connectivity index (χ3n) is 3.86. The summed E-state index contributed by atoms with van der Waals surface area (Å²) in [5.41, 5.74) is 2.36. The first-order valence-corrected chi connectivity index (χ1v) is 8.39. The first kappa shape index (κ1) is 13.7. The van der Waals surface area contributed by atoms with Crippen LogP contribution >= 0.6 is 11.8 Å². The van der Waals surface area contributed by atoms with Crippen molar-refractivity contribution in [3.8, 4) is 5.69 Å². The molecule has 2 heterocycles. The van der Waals surface area contributed by atoms with Gasteiger partial charge in [0.15, 0.2) is 0 Å². The Morgan fingerprint density at radius 2 is 2.25 bits per heavy atom. The highest BCUT2D eigenvalue weighted by Gasteiger charge is 2.16. The monoisotopic (exact) mass is 287 g/mol. The van der Waals surface area contributed by atoms with Crippen LogP contribution in [0.4, 0.5) is 0 Å². The highest BCUT2D eigenvalue weighted by Crippen LogP contribution is 2.23. The van der Waals surface area contributed by atoms with Crippen LogP contribution in [-0.4, -0.2) is 27.8 Å². The third kappa shape index (κ3) is 3.25. The van der Waals surface area contributed by atoms with E-state index in [9.17, 15) is 0 Å². The van der Waals surface area contributed by atoms with E-state index in [-0.39, 0.29) is 0 Å². The van der Waals surface area contributed by atoms with Crippen LogP contribution in [0.2, 0.25) is 0 Å². The number of aromatic nitrogens is 2. The third-order valence-corrected chi connectivity index (χ3v) is 5.09. The number of nitrogens with zero attached hydrogens (tertiary/aromatic N) is 2. The van der Waals surface area contributed by atoms with Gasteiger partial charge in [0, 0.05) is 17.8 Å². The molecule has 0 spiro atoms. The van der Waals surface area contributed by atoms with Crippen LogP contribution < -0.4 is 5.32 Å². The lowest BCUT2D eigenvalue weighted by molar-refractivity contribution is 0.477. The van der Waals surface area contributed by atoms with Gasteiger partial charge in [-0.1, -0.05) is 18.2 Å². The highest BCUT2D eigenvalue weighted by molar-refractivity contribution is 7.99. The van der Waals surface area contributed by atoms with Crippen molar-refractivity contribution in [2.24, 2.45) is 5.92 Å². The number of hydrogen-bond donors (Lipinski definition) is 1. The molecule has 3 rings (SSSR count). The van der Waals surface area contributed by atoms with E-state index >= 15 is 0 Å². The molecule has 1 aliphatic rings. The van der Waals surface area contributed by atoms with E-state index in [0.717, 1.165) is 18.2 Å². The van der Waals surface area contributed by atoms with Crippen molar-refractivity contribution in [3.63, 3.8) is 0 Å². The predicted octanol–water partition coefficient (Wildman–Crippen LogP) is 3.28. The molecule has 1 N–H and O–H groups in total. The summed E-state index contributed by atoms with van der Waals surface area (Å²) in [6.45, 7) is 3.33. The van der Waals surface area contributed by atoms with E-state index in [1.54, 1.807) is 0 Å². The minimum atomic E-state index is 0.359. The first-order valence-electron chi connectivity index (χ1n) is 7.24. The second kappa shape index (κ2) is 6.46. The summed E-state index contributed by atoms with van der Waals surface area (Å²) in [4.78, 5) is 0. The molecule has 3 nitrogen and oxygen atoms in total. The van der Waals surface area contributed by atoms with Crippen molar-refractivity contribution < 1.29 is 0 Å². The molecule has 1 fully saturated rings. The lowest BCUT2D eigenvalue weighted by Gasteiger charge is -2.15. The average molecular weight is 287 g/mol. The molecule has 1 saturated heterocycles. The largest absolute Gasteiger partial charge is 0.310 e. The van der Waals surface area contributed by atoms with Crippen LogP contribution in [0.15, 0.2) is 42.7 Å². The lowest BCUT2D eigenvalue weighted by Crippen LogP contribution is -2.25. The minimum absolute atomic E-state index is 0.359. The van der Waals surface area contributed by atoms with Gasteiger partial charge in [-0.15, -0.1) is 0 Å². The number of para-hydroxylation sites is 1. The molecular weight excluding hydrogens is 266 g/mol. The maximum Gasteiger partial charge on any atom is 0.0645 e.